The van der Waals surface area contributed by atoms with Gasteiger partial charge >= 0.3 is 0 Å². The van der Waals surface area contributed by atoms with Crippen molar-refractivity contribution in [1.29, 1.82) is 0 Å². The smallest absolute Gasteiger partial charge is 0.243 e. The van der Waals surface area contributed by atoms with E-state index < -0.39 is 10.0 Å². The third-order valence-corrected chi connectivity index (χ3v) is 6.17. The summed E-state index contributed by atoms with van der Waals surface area (Å²) in [5, 5.41) is 2.75. The van der Waals surface area contributed by atoms with Crippen molar-refractivity contribution in [3.8, 4) is 11.5 Å². The van der Waals surface area contributed by atoms with E-state index in [4.69, 9.17) is 9.47 Å². The van der Waals surface area contributed by atoms with Crippen LogP contribution in [0.15, 0.2) is 53.4 Å². The second-order valence-corrected chi connectivity index (χ2v) is 8.55. The lowest BCUT2D eigenvalue weighted by atomic mass is 10.1. The first kappa shape index (κ1) is 20.2. The van der Waals surface area contributed by atoms with Crippen molar-refractivity contribution in [3.63, 3.8) is 0 Å². The van der Waals surface area contributed by atoms with E-state index in [1.54, 1.807) is 6.07 Å². The summed E-state index contributed by atoms with van der Waals surface area (Å²) >= 11 is 0. The number of amides is 1. The standard InChI is InChI=1S/C20H24N2O5S/c1-22(15-20(23)21-11-10-16-6-3-2-4-7-16)28(24,25)17-8-9-18-19(14-17)27-13-5-12-26-18/h2-4,6-9,14H,5,10-13,15H2,1H3,(H,21,23). The van der Waals surface area contributed by atoms with Gasteiger partial charge in [-0.2, -0.15) is 4.31 Å². The summed E-state index contributed by atoms with van der Waals surface area (Å²) < 4.78 is 37.7. The van der Waals surface area contributed by atoms with Crippen LogP contribution in [0.3, 0.4) is 0 Å². The molecule has 0 saturated carbocycles. The Balaban J connectivity index is 1.58. The van der Waals surface area contributed by atoms with Crippen LogP contribution in [0.5, 0.6) is 11.5 Å². The highest BCUT2D eigenvalue weighted by atomic mass is 32.2. The van der Waals surface area contributed by atoms with Gasteiger partial charge in [0.05, 0.1) is 24.7 Å². The number of likely N-dealkylation sites (N-methyl/N-ethyl adjacent to an activating group) is 1. The molecule has 0 fully saturated rings. The van der Waals surface area contributed by atoms with Gasteiger partial charge in [0.2, 0.25) is 15.9 Å². The number of rotatable bonds is 7. The Labute approximate surface area is 165 Å². The molecule has 0 unspecified atom stereocenters. The van der Waals surface area contributed by atoms with Gasteiger partial charge in [0.15, 0.2) is 11.5 Å². The van der Waals surface area contributed by atoms with Gasteiger partial charge in [0.25, 0.3) is 0 Å². The Morgan fingerprint density at radius 2 is 1.79 bits per heavy atom. The average molecular weight is 404 g/mol. The van der Waals surface area contributed by atoms with Crippen molar-refractivity contribution in [2.75, 3.05) is 33.4 Å². The monoisotopic (exact) mass is 404 g/mol. The Morgan fingerprint density at radius 1 is 1.07 bits per heavy atom. The van der Waals surface area contributed by atoms with Crippen molar-refractivity contribution in [2.45, 2.75) is 17.7 Å². The lowest BCUT2D eigenvalue weighted by molar-refractivity contribution is -0.121. The number of nitrogens with zero attached hydrogens (tertiary/aromatic N) is 1. The molecule has 8 heteroatoms. The first-order valence-electron chi connectivity index (χ1n) is 9.13. The molecule has 0 atom stereocenters. The highest BCUT2D eigenvalue weighted by molar-refractivity contribution is 7.89. The molecule has 28 heavy (non-hydrogen) atoms. The predicted octanol–water partition coefficient (Wildman–Crippen LogP) is 1.83. The van der Waals surface area contributed by atoms with Crippen molar-refractivity contribution in [3.05, 3.63) is 54.1 Å². The number of nitrogens with one attached hydrogen (secondary N) is 1. The van der Waals surface area contributed by atoms with Crippen molar-refractivity contribution >= 4 is 15.9 Å². The highest BCUT2D eigenvalue weighted by Gasteiger charge is 2.25. The molecule has 0 aromatic heterocycles. The summed E-state index contributed by atoms with van der Waals surface area (Å²) in [5.74, 6) is 0.577. The molecule has 150 valence electrons. The van der Waals surface area contributed by atoms with Crippen molar-refractivity contribution in [1.82, 2.24) is 9.62 Å². The lowest BCUT2D eigenvalue weighted by Gasteiger charge is -2.18. The third-order valence-electron chi connectivity index (χ3n) is 4.37. The summed E-state index contributed by atoms with van der Waals surface area (Å²) in [6, 6.07) is 14.3. The summed E-state index contributed by atoms with van der Waals surface area (Å²) in [5.41, 5.74) is 1.11. The zero-order chi connectivity index (χ0) is 20.0. The van der Waals surface area contributed by atoms with Gasteiger partial charge in [0.1, 0.15) is 0 Å². The summed E-state index contributed by atoms with van der Waals surface area (Å²) in [6.07, 6.45) is 1.42. The van der Waals surface area contributed by atoms with E-state index in [0.717, 1.165) is 16.3 Å². The number of benzene rings is 2. The molecule has 1 amide bonds. The Hall–Kier alpha value is -2.58. The van der Waals surface area contributed by atoms with Gasteiger partial charge < -0.3 is 14.8 Å². The van der Waals surface area contributed by atoms with Crippen LogP contribution in [0, 0.1) is 0 Å². The fourth-order valence-electron chi connectivity index (χ4n) is 2.82. The largest absolute Gasteiger partial charge is 0.490 e. The molecular formula is C20H24N2O5S. The van der Waals surface area contributed by atoms with Crippen molar-refractivity contribution in [2.24, 2.45) is 0 Å². The molecule has 0 saturated heterocycles. The number of carbonyl (C=O) groups excluding carboxylic acids is 1. The second kappa shape index (κ2) is 9.07. The number of hydrogen-bond donors (Lipinski definition) is 1. The predicted molar refractivity (Wildman–Crippen MR) is 105 cm³/mol. The zero-order valence-corrected chi connectivity index (χ0v) is 16.6. The van der Waals surface area contributed by atoms with Crippen LogP contribution in [0.2, 0.25) is 0 Å². The SMILES string of the molecule is CN(CC(=O)NCCc1ccccc1)S(=O)(=O)c1ccc2c(c1)OCCCO2. The average Bonchev–Trinajstić information content (AvgIpc) is 2.93. The lowest BCUT2D eigenvalue weighted by Crippen LogP contribution is -2.39. The molecular weight excluding hydrogens is 380 g/mol. The highest BCUT2D eigenvalue weighted by Crippen LogP contribution is 2.32. The van der Waals surface area contributed by atoms with Crippen LogP contribution in [0.25, 0.3) is 0 Å². The minimum absolute atomic E-state index is 0.0661. The second-order valence-electron chi connectivity index (χ2n) is 6.51. The number of fused-ring (bicyclic) bond motifs is 1. The maximum atomic E-state index is 12.8. The summed E-state index contributed by atoms with van der Waals surface area (Å²) in [6.45, 7) is 1.19. The number of sulfonamides is 1. The van der Waals surface area contributed by atoms with Gasteiger partial charge in [-0.3, -0.25) is 4.79 Å². The van der Waals surface area contributed by atoms with E-state index in [9.17, 15) is 13.2 Å². The van der Waals surface area contributed by atoms with Crippen LogP contribution in [-0.4, -0.2) is 52.0 Å². The van der Waals surface area contributed by atoms with E-state index in [1.807, 2.05) is 30.3 Å². The van der Waals surface area contributed by atoms with Crippen LogP contribution in [-0.2, 0) is 21.2 Å². The minimum Gasteiger partial charge on any atom is -0.490 e. The van der Waals surface area contributed by atoms with E-state index in [0.29, 0.717) is 37.7 Å². The van der Waals surface area contributed by atoms with Crippen LogP contribution < -0.4 is 14.8 Å². The molecule has 1 heterocycles. The number of hydrogen-bond acceptors (Lipinski definition) is 5. The van der Waals surface area contributed by atoms with Gasteiger partial charge in [0, 0.05) is 26.1 Å². The maximum absolute atomic E-state index is 12.8. The van der Waals surface area contributed by atoms with E-state index in [1.165, 1.54) is 19.2 Å². The Morgan fingerprint density at radius 3 is 2.54 bits per heavy atom. The summed E-state index contributed by atoms with van der Waals surface area (Å²) in [7, 11) is -2.44. The molecule has 3 rings (SSSR count). The molecule has 2 aromatic carbocycles. The number of carbonyl (C=O) groups is 1. The van der Waals surface area contributed by atoms with Gasteiger partial charge in [-0.05, 0) is 24.1 Å². The van der Waals surface area contributed by atoms with Crippen LogP contribution in [0.4, 0.5) is 0 Å². The molecule has 1 aliphatic rings. The molecule has 1 aliphatic heterocycles. The topological polar surface area (TPSA) is 84.9 Å². The van der Waals surface area contributed by atoms with E-state index in [-0.39, 0.29) is 17.3 Å². The van der Waals surface area contributed by atoms with Crippen LogP contribution >= 0.6 is 0 Å². The quantitative estimate of drug-likeness (QED) is 0.761. The first-order valence-corrected chi connectivity index (χ1v) is 10.6. The van der Waals surface area contributed by atoms with E-state index in [2.05, 4.69) is 5.32 Å². The molecule has 0 aliphatic carbocycles. The molecule has 0 radical (unpaired) electrons. The van der Waals surface area contributed by atoms with Gasteiger partial charge in [-0.15, -0.1) is 0 Å². The fourth-order valence-corrected chi connectivity index (χ4v) is 3.96. The molecule has 7 nitrogen and oxygen atoms in total. The minimum atomic E-state index is -3.82. The fraction of sp³-hybridized carbons (Fsp3) is 0.350. The molecule has 2 aromatic rings. The molecule has 0 spiro atoms. The van der Waals surface area contributed by atoms with E-state index >= 15 is 0 Å². The van der Waals surface area contributed by atoms with Gasteiger partial charge in [-0.1, -0.05) is 30.3 Å². The zero-order valence-electron chi connectivity index (χ0n) is 15.8. The molecule has 1 N–H and O–H groups in total. The third kappa shape index (κ3) is 5.02. The van der Waals surface area contributed by atoms with Crippen LogP contribution in [0.1, 0.15) is 12.0 Å². The van der Waals surface area contributed by atoms with Crippen molar-refractivity contribution < 1.29 is 22.7 Å². The maximum Gasteiger partial charge on any atom is 0.243 e. The summed E-state index contributed by atoms with van der Waals surface area (Å²) in [4.78, 5) is 12.2. The Kier molecular flexibility index (Phi) is 6.53. The normalized spacial score (nSPS) is 13.8. The molecule has 0 bridgehead atoms. The number of ether oxygens (including phenoxy) is 2. The first-order chi connectivity index (χ1) is 13.5. The van der Waals surface area contributed by atoms with Gasteiger partial charge in [-0.25, -0.2) is 8.42 Å². The Bertz CT molecular complexity index is 915.